The van der Waals surface area contributed by atoms with Crippen LogP contribution in [0.25, 0.3) is 27.6 Å². The van der Waals surface area contributed by atoms with Crippen LogP contribution < -0.4 is 16.4 Å². The lowest BCUT2D eigenvalue weighted by Gasteiger charge is -2.22. The van der Waals surface area contributed by atoms with Crippen LogP contribution >= 0.6 is 11.8 Å². The highest BCUT2D eigenvalue weighted by Crippen LogP contribution is 2.27. The molecule has 2 N–H and O–H groups in total. The third-order valence-electron chi connectivity index (χ3n) is 5.58. The molecule has 0 saturated carbocycles. The van der Waals surface area contributed by atoms with Gasteiger partial charge >= 0.3 is 0 Å². The molecule has 0 bridgehead atoms. The SMILES string of the molecule is CC[C@H](Nc1nc(SC)nc2nc[nH]c(=O)c12)c1nc2cccc(F)c2c(=O)n1-c1ccccc1. The minimum Gasteiger partial charge on any atom is -0.359 e. The van der Waals surface area contributed by atoms with Crippen LogP contribution in [0.15, 0.2) is 69.6 Å². The molecule has 176 valence electrons. The van der Waals surface area contributed by atoms with E-state index in [-0.39, 0.29) is 27.8 Å². The van der Waals surface area contributed by atoms with E-state index in [1.807, 2.05) is 19.2 Å². The Hall–Kier alpha value is -4.12. The molecule has 9 nitrogen and oxygen atoms in total. The number of hydrogen-bond acceptors (Lipinski definition) is 8. The summed E-state index contributed by atoms with van der Waals surface area (Å²) in [5.74, 6) is -0.00501. The highest BCUT2D eigenvalue weighted by molar-refractivity contribution is 7.98. The Balaban J connectivity index is 1.76. The number of nitrogens with zero attached hydrogens (tertiary/aromatic N) is 5. The van der Waals surface area contributed by atoms with E-state index in [9.17, 15) is 14.0 Å². The minimum atomic E-state index is -0.638. The number of hydrogen-bond donors (Lipinski definition) is 2. The summed E-state index contributed by atoms with van der Waals surface area (Å²) >= 11 is 1.31. The first-order valence-electron chi connectivity index (χ1n) is 10.8. The van der Waals surface area contributed by atoms with Gasteiger partial charge in [0.1, 0.15) is 28.2 Å². The lowest BCUT2D eigenvalue weighted by Crippen LogP contribution is -2.29. The van der Waals surface area contributed by atoms with E-state index >= 15 is 0 Å². The average molecular weight is 490 g/mol. The fraction of sp³-hybridized carbons (Fsp3) is 0.167. The van der Waals surface area contributed by atoms with Gasteiger partial charge in [-0.3, -0.25) is 14.2 Å². The maximum absolute atomic E-state index is 14.7. The molecular weight excluding hydrogens is 469 g/mol. The number of rotatable bonds is 6. The van der Waals surface area contributed by atoms with Crippen molar-refractivity contribution in [3.63, 3.8) is 0 Å². The Morgan fingerprint density at radius 1 is 1.06 bits per heavy atom. The van der Waals surface area contributed by atoms with Gasteiger partial charge in [-0.25, -0.2) is 24.3 Å². The smallest absolute Gasteiger partial charge is 0.269 e. The minimum absolute atomic E-state index is 0.0900. The molecule has 0 aliphatic carbocycles. The molecule has 5 rings (SSSR count). The Labute approximate surface area is 202 Å². The molecule has 0 radical (unpaired) electrons. The van der Waals surface area contributed by atoms with E-state index in [1.54, 1.807) is 30.3 Å². The lowest BCUT2D eigenvalue weighted by molar-refractivity contribution is 0.630. The molecule has 3 heterocycles. The van der Waals surface area contributed by atoms with Crippen LogP contribution in [0.4, 0.5) is 10.2 Å². The number of anilines is 1. The van der Waals surface area contributed by atoms with Crippen molar-refractivity contribution in [1.29, 1.82) is 0 Å². The second kappa shape index (κ2) is 9.26. The number of thioether (sulfide) groups is 1. The van der Waals surface area contributed by atoms with Crippen LogP contribution in [0.3, 0.4) is 0 Å². The molecule has 2 aromatic carbocycles. The lowest BCUT2D eigenvalue weighted by atomic mass is 10.1. The predicted octanol–water partition coefficient (Wildman–Crippen LogP) is 3.84. The predicted molar refractivity (Wildman–Crippen MR) is 134 cm³/mol. The fourth-order valence-electron chi connectivity index (χ4n) is 3.93. The normalized spacial score (nSPS) is 12.2. The summed E-state index contributed by atoms with van der Waals surface area (Å²) in [7, 11) is 0. The van der Waals surface area contributed by atoms with Gasteiger partial charge in [0.25, 0.3) is 11.1 Å². The highest BCUT2D eigenvalue weighted by atomic mass is 32.2. The summed E-state index contributed by atoms with van der Waals surface area (Å²) < 4.78 is 16.1. The topological polar surface area (TPSA) is 118 Å². The molecule has 3 aromatic heterocycles. The van der Waals surface area contributed by atoms with E-state index in [0.717, 1.165) is 0 Å². The first-order valence-corrected chi connectivity index (χ1v) is 12.1. The Kier molecular flexibility index (Phi) is 6.00. The van der Waals surface area contributed by atoms with Crippen molar-refractivity contribution < 1.29 is 4.39 Å². The summed E-state index contributed by atoms with van der Waals surface area (Å²) in [5.41, 5.74) is 0.122. The molecule has 0 fully saturated rings. The quantitative estimate of drug-likeness (QED) is 0.273. The molecule has 0 aliphatic rings. The first kappa shape index (κ1) is 22.7. The van der Waals surface area contributed by atoms with Crippen LogP contribution in [0.2, 0.25) is 0 Å². The number of aromatic nitrogens is 6. The van der Waals surface area contributed by atoms with Crippen molar-refractivity contribution in [3.05, 3.63) is 87.2 Å². The number of para-hydroxylation sites is 1. The maximum atomic E-state index is 14.7. The summed E-state index contributed by atoms with van der Waals surface area (Å²) in [6.45, 7) is 1.91. The van der Waals surface area contributed by atoms with Crippen LogP contribution in [0, 0.1) is 5.82 Å². The van der Waals surface area contributed by atoms with Crippen molar-refractivity contribution in [1.82, 2.24) is 29.5 Å². The van der Waals surface area contributed by atoms with Crippen molar-refractivity contribution in [2.45, 2.75) is 24.5 Å². The molecule has 0 spiro atoms. The monoisotopic (exact) mass is 489 g/mol. The largest absolute Gasteiger partial charge is 0.359 e. The van der Waals surface area contributed by atoms with Gasteiger partial charge in [0.15, 0.2) is 10.8 Å². The van der Waals surface area contributed by atoms with E-state index in [2.05, 4.69) is 25.3 Å². The van der Waals surface area contributed by atoms with Crippen molar-refractivity contribution in [2.24, 2.45) is 0 Å². The van der Waals surface area contributed by atoms with Gasteiger partial charge < -0.3 is 10.3 Å². The van der Waals surface area contributed by atoms with E-state index in [1.165, 1.54) is 34.8 Å². The van der Waals surface area contributed by atoms with Gasteiger partial charge in [-0.1, -0.05) is 43.0 Å². The van der Waals surface area contributed by atoms with Gasteiger partial charge in [-0.15, -0.1) is 0 Å². The van der Waals surface area contributed by atoms with Gasteiger partial charge in [-0.2, -0.15) is 0 Å². The summed E-state index contributed by atoms with van der Waals surface area (Å²) in [5, 5.41) is 3.82. The van der Waals surface area contributed by atoms with Crippen LogP contribution in [-0.2, 0) is 0 Å². The fourth-order valence-corrected chi connectivity index (χ4v) is 4.29. The van der Waals surface area contributed by atoms with Gasteiger partial charge in [0.2, 0.25) is 0 Å². The number of nitrogens with one attached hydrogen (secondary N) is 2. The molecule has 5 aromatic rings. The third-order valence-corrected chi connectivity index (χ3v) is 6.13. The van der Waals surface area contributed by atoms with Crippen molar-refractivity contribution >= 4 is 39.5 Å². The number of benzene rings is 2. The molecule has 0 amide bonds. The molecule has 0 unspecified atom stereocenters. The average Bonchev–Trinajstić information content (AvgIpc) is 2.87. The van der Waals surface area contributed by atoms with Crippen LogP contribution in [-0.4, -0.2) is 35.7 Å². The number of halogens is 1. The number of H-pyrrole nitrogens is 1. The van der Waals surface area contributed by atoms with Gasteiger partial charge in [0, 0.05) is 0 Å². The third kappa shape index (κ3) is 4.03. The van der Waals surface area contributed by atoms with E-state index < -0.39 is 23.0 Å². The second-order valence-corrected chi connectivity index (χ2v) is 8.45. The molecule has 0 aliphatic heterocycles. The number of aromatic amines is 1. The first-order chi connectivity index (χ1) is 17.0. The standard InChI is InChI=1S/C24H20FN7O2S/c1-3-15(28-20-18-19(26-12-27-22(18)33)30-24(31-20)35-2)21-29-16-11-7-10-14(25)17(16)23(34)32(21)13-8-5-4-6-9-13/h4-12,15H,3H2,1-2H3,(H2,26,27,28,30,31,33)/t15-/m0/s1. The Morgan fingerprint density at radius 2 is 1.86 bits per heavy atom. The van der Waals surface area contributed by atoms with Gasteiger partial charge in [-0.05, 0) is 36.9 Å². The Morgan fingerprint density at radius 3 is 2.60 bits per heavy atom. The van der Waals surface area contributed by atoms with E-state index in [4.69, 9.17) is 4.98 Å². The van der Waals surface area contributed by atoms with E-state index in [0.29, 0.717) is 23.1 Å². The summed E-state index contributed by atoms with van der Waals surface area (Å²) in [6, 6.07) is 12.7. The molecular formula is C24H20FN7O2S. The Bertz CT molecular complexity index is 1670. The van der Waals surface area contributed by atoms with Gasteiger partial charge in [0.05, 0.1) is 23.6 Å². The molecule has 1 atom stereocenters. The summed E-state index contributed by atoms with van der Waals surface area (Å²) in [4.78, 5) is 46.4. The second-order valence-electron chi connectivity index (χ2n) is 7.67. The molecule has 11 heteroatoms. The zero-order valence-electron chi connectivity index (χ0n) is 18.8. The van der Waals surface area contributed by atoms with Crippen molar-refractivity contribution in [2.75, 3.05) is 11.6 Å². The maximum Gasteiger partial charge on any atom is 0.269 e. The van der Waals surface area contributed by atoms with Crippen LogP contribution in [0.5, 0.6) is 0 Å². The zero-order valence-corrected chi connectivity index (χ0v) is 19.6. The number of fused-ring (bicyclic) bond motifs is 2. The highest BCUT2D eigenvalue weighted by Gasteiger charge is 2.23. The zero-order chi connectivity index (χ0) is 24.5. The summed E-state index contributed by atoms with van der Waals surface area (Å²) in [6.07, 6.45) is 3.59. The molecule has 0 saturated heterocycles. The van der Waals surface area contributed by atoms with Crippen molar-refractivity contribution in [3.8, 4) is 5.69 Å². The molecule has 35 heavy (non-hydrogen) atoms. The van der Waals surface area contributed by atoms with Crippen LogP contribution in [0.1, 0.15) is 25.2 Å².